The molecule has 2 aromatic rings. The van der Waals surface area contributed by atoms with Gasteiger partial charge in [-0.2, -0.15) is 0 Å². The third-order valence-corrected chi connectivity index (χ3v) is 5.81. The molecule has 2 atom stereocenters. The molecule has 1 N–H and O–H groups in total. The SMILES string of the molecule is CCOC(=O)[C@@H]1C(=O)NC(N2CCc3ccccc3C2)=N[C@H]1c1ccc(Br)cc1. The van der Waals surface area contributed by atoms with E-state index in [1.54, 1.807) is 6.92 Å². The molecule has 6 nitrogen and oxygen atoms in total. The lowest BCUT2D eigenvalue weighted by Gasteiger charge is -2.36. The van der Waals surface area contributed by atoms with Crippen molar-refractivity contribution in [2.75, 3.05) is 13.2 Å². The van der Waals surface area contributed by atoms with Gasteiger partial charge >= 0.3 is 5.97 Å². The zero-order chi connectivity index (χ0) is 20.4. The Labute approximate surface area is 178 Å². The molecule has 7 heteroatoms. The van der Waals surface area contributed by atoms with Gasteiger partial charge in [-0.3, -0.25) is 14.9 Å². The number of carbonyl (C=O) groups is 2. The van der Waals surface area contributed by atoms with Gasteiger partial charge in [0, 0.05) is 17.6 Å². The summed E-state index contributed by atoms with van der Waals surface area (Å²) in [5.41, 5.74) is 3.35. The van der Waals surface area contributed by atoms with Crippen LogP contribution in [0.3, 0.4) is 0 Å². The number of esters is 1. The zero-order valence-corrected chi connectivity index (χ0v) is 17.7. The highest BCUT2D eigenvalue weighted by Crippen LogP contribution is 2.32. The number of ether oxygens (including phenoxy) is 1. The fourth-order valence-corrected chi connectivity index (χ4v) is 4.07. The smallest absolute Gasteiger partial charge is 0.321 e. The number of guanidine groups is 1. The molecule has 0 fully saturated rings. The second-order valence-electron chi connectivity index (χ2n) is 7.11. The van der Waals surface area contributed by atoms with E-state index in [1.807, 2.05) is 36.4 Å². The minimum Gasteiger partial charge on any atom is -0.465 e. The lowest BCUT2D eigenvalue weighted by molar-refractivity contribution is -0.153. The summed E-state index contributed by atoms with van der Waals surface area (Å²) in [6.07, 6.45) is 0.884. The van der Waals surface area contributed by atoms with E-state index in [2.05, 4.69) is 38.3 Å². The van der Waals surface area contributed by atoms with Crippen molar-refractivity contribution in [2.45, 2.75) is 25.9 Å². The fourth-order valence-electron chi connectivity index (χ4n) is 3.80. The number of carbonyl (C=O) groups excluding carboxylic acids is 2. The standard InChI is InChI=1S/C22H22BrN3O3/c1-2-29-21(28)18-19(15-7-9-17(23)10-8-15)24-22(25-20(18)27)26-12-11-14-5-3-4-6-16(14)13-26/h3-10,18-19H,2,11-13H2,1H3,(H,24,25,27)/t18-,19-/m0/s1. The highest BCUT2D eigenvalue weighted by atomic mass is 79.9. The highest BCUT2D eigenvalue weighted by Gasteiger charge is 2.42. The van der Waals surface area contributed by atoms with Crippen LogP contribution in [0.1, 0.15) is 29.7 Å². The molecule has 2 aromatic carbocycles. The predicted octanol–water partition coefficient (Wildman–Crippen LogP) is 3.21. The van der Waals surface area contributed by atoms with Crippen LogP contribution in [-0.4, -0.2) is 35.9 Å². The Balaban J connectivity index is 1.68. The Morgan fingerprint density at radius 1 is 1.21 bits per heavy atom. The molecule has 2 aliphatic rings. The topological polar surface area (TPSA) is 71.0 Å². The molecule has 1 amide bonds. The van der Waals surface area contributed by atoms with Crippen LogP contribution in [0.5, 0.6) is 0 Å². The monoisotopic (exact) mass is 455 g/mol. The third kappa shape index (κ3) is 4.05. The summed E-state index contributed by atoms with van der Waals surface area (Å²) in [5.74, 6) is -1.42. The van der Waals surface area contributed by atoms with Gasteiger partial charge in [0.2, 0.25) is 11.9 Å². The van der Waals surface area contributed by atoms with Crippen LogP contribution in [0.2, 0.25) is 0 Å². The van der Waals surface area contributed by atoms with E-state index in [0.717, 1.165) is 23.0 Å². The number of nitrogens with one attached hydrogen (secondary N) is 1. The number of nitrogens with zero attached hydrogens (tertiary/aromatic N) is 2. The summed E-state index contributed by atoms with van der Waals surface area (Å²) in [4.78, 5) is 32.3. The normalized spacial score (nSPS) is 21.1. The summed E-state index contributed by atoms with van der Waals surface area (Å²) in [7, 11) is 0. The Morgan fingerprint density at radius 3 is 2.66 bits per heavy atom. The first kappa shape index (κ1) is 19.6. The van der Waals surface area contributed by atoms with Crippen LogP contribution in [0, 0.1) is 5.92 Å². The van der Waals surface area contributed by atoms with Crippen molar-refractivity contribution in [1.29, 1.82) is 0 Å². The molecule has 4 rings (SSSR count). The molecule has 0 radical (unpaired) electrons. The first-order valence-electron chi connectivity index (χ1n) is 9.69. The fraction of sp³-hybridized carbons (Fsp3) is 0.318. The largest absolute Gasteiger partial charge is 0.465 e. The molecular weight excluding hydrogens is 434 g/mol. The van der Waals surface area contributed by atoms with Crippen LogP contribution in [0.15, 0.2) is 58.0 Å². The van der Waals surface area contributed by atoms with Gasteiger partial charge in [-0.05, 0) is 42.2 Å². The van der Waals surface area contributed by atoms with E-state index in [9.17, 15) is 9.59 Å². The molecule has 0 spiro atoms. The average Bonchev–Trinajstić information content (AvgIpc) is 2.73. The van der Waals surface area contributed by atoms with Gasteiger partial charge in [0.25, 0.3) is 0 Å². The summed E-state index contributed by atoms with van der Waals surface area (Å²) in [6.45, 7) is 3.38. The van der Waals surface area contributed by atoms with Gasteiger partial charge in [-0.25, -0.2) is 4.99 Å². The Bertz CT molecular complexity index is 958. The van der Waals surface area contributed by atoms with Crippen molar-refractivity contribution in [3.05, 3.63) is 69.7 Å². The number of hydrogen-bond acceptors (Lipinski definition) is 5. The van der Waals surface area contributed by atoms with Crippen molar-refractivity contribution in [2.24, 2.45) is 10.9 Å². The maximum Gasteiger partial charge on any atom is 0.321 e. The van der Waals surface area contributed by atoms with Crippen LogP contribution in [-0.2, 0) is 27.3 Å². The molecule has 0 aromatic heterocycles. The Morgan fingerprint density at radius 2 is 1.93 bits per heavy atom. The van der Waals surface area contributed by atoms with Gasteiger partial charge in [-0.1, -0.05) is 52.3 Å². The van der Waals surface area contributed by atoms with Crippen LogP contribution < -0.4 is 5.32 Å². The van der Waals surface area contributed by atoms with Crippen LogP contribution in [0.25, 0.3) is 0 Å². The lowest BCUT2D eigenvalue weighted by atomic mass is 9.91. The van der Waals surface area contributed by atoms with E-state index >= 15 is 0 Å². The number of halogens is 1. The number of benzene rings is 2. The van der Waals surface area contributed by atoms with Gasteiger partial charge in [0.05, 0.1) is 6.61 Å². The predicted molar refractivity (Wildman–Crippen MR) is 113 cm³/mol. The number of amides is 1. The highest BCUT2D eigenvalue weighted by molar-refractivity contribution is 9.10. The van der Waals surface area contributed by atoms with Crippen LogP contribution >= 0.6 is 15.9 Å². The van der Waals surface area contributed by atoms with Crippen molar-refractivity contribution in [3.8, 4) is 0 Å². The Kier molecular flexibility index (Phi) is 5.67. The van der Waals surface area contributed by atoms with E-state index in [0.29, 0.717) is 12.5 Å². The second kappa shape index (κ2) is 8.37. The molecule has 0 aliphatic carbocycles. The molecule has 0 unspecified atom stereocenters. The van der Waals surface area contributed by atoms with E-state index in [4.69, 9.17) is 9.73 Å². The van der Waals surface area contributed by atoms with Crippen molar-refractivity contribution in [3.63, 3.8) is 0 Å². The zero-order valence-electron chi connectivity index (χ0n) is 16.1. The van der Waals surface area contributed by atoms with Crippen molar-refractivity contribution >= 4 is 33.8 Å². The number of aliphatic imine (C=N–C) groups is 1. The molecule has 0 saturated carbocycles. The summed E-state index contributed by atoms with van der Waals surface area (Å²) < 4.78 is 6.08. The summed E-state index contributed by atoms with van der Waals surface area (Å²) in [5, 5.41) is 2.84. The third-order valence-electron chi connectivity index (χ3n) is 5.28. The maximum atomic E-state index is 12.9. The minimum absolute atomic E-state index is 0.217. The molecule has 2 aliphatic heterocycles. The van der Waals surface area contributed by atoms with Crippen molar-refractivity contribution < 1.29 is 14.3 Å². The quantitative estimate of drug-likeness (QED) is 0.569. The second-order valence-corrected chi connectivity index (χ2v) is 8.02. The first-order chi connectivity index (χ1) is 14.1. The number of fused-ring (bicyclic) bond motifs is 1. The molecule has 2 heterocycles. The number of hydrogen-bond donors (Lipinski definition) is 1. The maximum absolute atomic E-state index is 12.9. The van der Waals surface area contributed by atoms with E-state index < -0.39 is 17.9 Å². The Hall–Kier alpha value is -2.67. The average molecular weight is 456 g/mol. The lowest BCUT2D eigenvalue weighted by Crippen LogP contribution is -2.53. The van der Waals surface area contributed by atoms with Gasteiger partial charge in [-0.15, -0.1) is 0 Å². The molecular formula is C22H22BrN3O3. The van der Waals surface area contributed by atoms with E-state index in [-0.39, 0.29) is 12.5 Å². The van der Waals surface area contributed by atoms with Gasteiger partial charge < -0.3 is 9.64 Å². The van der Waals surface area contributed by atoms with Crippen molar-refractivity contribution in [1.82, 2.24) is 10.2 Å². The van der Waals surface area contributed by atoms with E-state index in [1.165, 1.54) is 11.1 Å². The first-order valence-corrected chi connectivity index (χ1v) is 10.5. The summed E-state index contributed by atoms with van der Waals surface area (Å²) in [6, 6.07) is 15.2. The molecule has 0 bridgehead atoms. The van der Waals surface area contributed by atoms with Gasteiger partial charge in [0.15, 0.2) is 5.92 Å². The molecule has 150 valence electrons. The van der Waals surface area contributed by atoms with Gasteiger partial charge in [0.1, 0.15) is 6.04 Å². The summed E-state index contributed by atoms with van der Waals surface area (Å²) >= 11 is 3.43. The van der Waals surface area contributed by atoms with Crippen LogP contribution in [0.4, 0.5) is 0 Å². The molecule has 0 saturated heterocycles. The molecule has 29 heavy (non-hydrogen) atoms. The minimum atomic E-state index is -1.00. The number of rotatable bonds is 3.